The molecule has 0 spiro atoms. The molecular formula is C12H11F3N4O. The highest BCUT2D eigenvalue weighted by Crippen LogP contribution is 2.33. The van der Waals surface area contributed by atoms with Gasteiger partial charge in [0.1, 0.15) is 0 Å². The van der Waals surface area contributed by atoms with Crippen molar-refractivity contribution in [3.63, 3.8) is 0 Å². The van der Waals surface area contributed by atoms with Crippen LogP contribution in [0.5, 0.6) is 0 Å². The number of benzene rings is 1. The molecule has 8 heteroatoms. The lowest BCUT2D eigenvalue weighted by Crippen LogP contribution is -2.16. The van der Waals surface area contributed by atoms with E-state index in [0.717, 1.165) is 12.1 Å². The zero-order valence-corrected chi connectivity index (χ0v) is 10.2. The average molecular weight is 284 g/mol. The number of carbonyl (C=O) groups excluding carboxylic acids is 1. The summed E-state index contributed by atoms with van der Waals surface area (Å²) in [5, 5.41) is 2.66. The third-order valence-electron chi connectivity index (χ3n) is 3.37. The number of alkyl halides is 3. The van der Waals surface area contributed by atoms with Crippen LogP contribution in [0.3, 0.4) is 0 Å². The van der Waals surface area contributed by atoms with Crippen LogP contribution in [0.25, 0.3) is 11.0 Å². The van der Waals surface area contributed by atoms with Gasteiger partial charge in [0, 0.05) is 13.0 Å². The molecule has 20 heavy (non-hydrogen) atoms. The van der Waals surface area contributed by atoms with Gasteiger partial charge in [0.25, 0.3) is 0 Å². The van der Waals surface area contributed by atoms with Crippen molar-refractivity contribution in [2.75, 3.05) is 12.3 Å². The number of nitrogen functional groups attached to an aromatic ring is 1. The monoisotopic (exact) mass is 284 g/mol. The summed E-state index contributed by atoms with van der Waals surface area (Å²) in [6.45, 7) is 0.398. The first-order chi connectivity index (χ1) is 9.36. The van der Waals surface area contributed by atoms with Gasteiger partial charge < -0.3 is 15.6 Å². The maximum absolute atomic E-state index is 12.7. The number of halogens is 3. The number of rotatable bonds is 1. The van der Waals surface area contributed by atoms with Gasteiger partial charge in [0.05, 0.1) is 22.6 Å². The van der Waals surface area contributed by atoms with Crippen molar-refractivity contribution in [3.05, 3.63) is 23.8 Å². The Morgan fingerprint density at radius 1 is 1.40 bits per heavy atom. The molecule has 0 aliphatic carbocycles. The number of nitrogens with zero attached hydrogens (tertiary/aromatic N) is 2. The number of aromatic nitrogens is 2. The van der Waals surface area contributed by atoms with Crippen molar-refractivity contribution in [2.24, 2.45) is 0 Å². The van der Waals surface area contributed by atoms with E-state index in [9.17, 15) is 18.0 Å². The molecule has 0 radical (unpaired) electrons. The van der Waals surface area contributed by atoms with Crippen LogP contribution in [-0.4, -0.2) is 22.0 Å². The van der Waals surface area contributed by atoms with Gasteiger partial charge >= 0.3 is 6.18 Å². The molecule has 5 nitrogen and oxygen atoms in total. The van der Waals surface area contributed by atoms with Crippen LogP contribution < -0.4 is 11.1 Å². The Kier molecular flexibility index (Phi) is 2.63. The van der Waals surface area contributed by atoms with Gasteiger partial charge in [-0.2, -0.15) is 13.2 Å². The van der Waals surface area contributed by atoms with Crippen LogP contribution in [0.4, 0.5) is 19.1 Å². The third-order valence-corrected chi connectivity index (χ3v) is 3.37. The summed E-state index contributed by atoms with van der Waals surface area (Å²) in [5.74, 6) is 0.00369. The summed E-state index contributed by atoms with van der Waals surface area (Å²) in [6, 6.07) is 3.07. The van der Waals surface area contributed by atoms with Gasteiger partial charge in [-0.25, -0.2) is 4.98 Å². The van der Waals surface area contributed by atoms with Crippen LogP contribution in [0.1, 0.15) is 18.0 Å². The number of anilines is 1. The van der Waals surface area contributed by atoms with Crippen LogP contribution in [-0.2, 0) is 11.0 Å². The minimum atomic E-state index is -4.42. The Morgan fingerprint density at radius 2 is 2.15 bits per heavy atom. The minimum absolute atomic E-state index is 0.108. The Morgan fingerprint density at radius 3 is 2.75 bits per heavy atom. The maximum atomic E-state index is 12.7. The molecule has 1 fully saturated rings. The summed E-state index contributed by atoms with van der Waals surface area (Å²) in [6.07, 6.45) is -4.17. The second kappa shape index (κ2) is 4.12. The molecule has 106 valence electrons. The number of hydrogen-bond donors (Lipinski definition) is 2. The lowest BCUT2D eigenvalue weighted by molar-refractivity contribution is -0.137. The summed E-state index contributed by atoms with van der Waals surface area (Å²) in [4.78, 5) is 15.2. The van der Waals surface area contributed by atoms with E-state index in [1.54, 1.807) is 4.57 Å². The summed E-state index contributed by atoms with van der Waals surface area (Å²) in [5.41, 5.74) is 5.68. The molecule has 1 aromatic heterocycles. The second-order valence-electron chi connectivity index (χ2n) is 4.70. The fourth-order valence-electron chi connectivity index (χ4n) is 2.45. The van der Waals surface area contributed by atoms with Gasteiger partial charge in [-0.1, -0.05) is 0 Å². The number of amides is 1. The predicted octanol–water partition coefficient (Wildman–Crippen LogP) is 1.70. The van der Waals surface area contributed by atoms with Gasteiger partial charge in [-0.15, -0.1) is 0 Å². The average Bonchev–Trinajstić information content (AvgIpc) is 2.89. The number of nitrogens with two attached hydrogens (primary N) is 1. The molecule has 1 saturated heterocycles. The zero-order chi connectivity index (χ0) is 14.5. The van der Waals surface area contributed by atoms with Gasteiger partial charge in [-0.05, 0) is 18.2 Å². The highest BCUT2D eigenvalue weighted by atomic mass is 19.4. The molecule has 1 aliphatic rings. The largest absolute Gasteiger partial charge is 0.416 e. The summed E-state index contributed by atoms with van der Waals surface area (Å²) in [7, 11) is 0. The van der Waals surface area contributed by atoms with E-state index in [1.165, 1.54) is 6.07 Å². The second-order valence-corrected chi connectivity index (χ2v) is 4.70. The van der Waals surface area contributed by atoms with E-state index in [1.807, 2.05) is 0 Å². The fraction of sp³-hybridized carbons (Fsp3) is 0.333. The number of hydrogen-bond acceptors (Lipinski definition) is 3. The Hall–Kier alpha value is -2.25. The van der Waals surface area contributed by atoms with Crippen molar-refractivity contribution in [3.8, 4) is 0 Å². The van der Waals surface area contributed by atoms with Crippen molar-refractivity contribution >= 4 is 22.9 Å². The molecule has 1 unspecified atom stereocenters. The number of carbonyl (C=O) groups is 1. The van der Waals surface area contributed by atoms with Gasteiger partial charge in [-0.3, -0.25) is 4.79 Å². The molecule has 1 aliphatic heterocycles. The smallest absolute Gasteiger partial charge is 0.369 e. The van der Waals surface area contributed by atoms with Crippen molar-refractivity contribution in [2.45, 2.75) is 18.6 Å². The molecule has 0 saturated carbocycles. The Balaban J connectivity index is 2.10. The first-order valence-electron chi connectivity index (χ1n) is 5.97. The molecule has 1 atom stereocenters. The maximum Gasteiger partial charge on any atom is 0.416 e. The molecule has 1 aromatic carbocycles. The molecule has 0 bridgehead atoms. The van der Waals surface area contributed by atoms with Crippen LogP contribution in [0.2, 0.25) is 0 Å². The van der Waals surface area contributed by atoms with Crippen LogP contribution in [0.15, 0.2) is 18.2 Å². The lowest BCUT2D eigenvalue weighted by atomic mass is 10.2. The lowest BCUT2D eigenvalue weighted by Gasteiger charge is -2.13. The SMILES string of the molecule is Nc1nc2cc(C(F)(F)F)ccc2n1C1CNC(=O)C1. The molecule has 2 aromatic rings. The van der Waals surface area contributed by atoms with E-state index < -0.39 is 11.7 Å². The minimum Gasteiger partial charge on any atom is -0.369 e. The van der Waals surface area contributed by atoms with Crippen molar-refractivity contribution in [1.29, 1.82) is 0 Å². The van der Waals surface area contributed by atoms with Gasteiger partial charge in [0.15, 0.2) is 0 Å². The predicted molar refractivity (Wildman–Crippen MR) is 65.8 cm³/mol. The summed E-state index contributed by atoms with van der Waals surface area (Å²) >= 11 is 0. The van der Waals surface area contributed by atoms with E-state index in [0.29, 0.717) is 12.1 Å². The van der Waals surface area contributed by atoms with Crippen molar-refractivity contribution < 1.29 is 18.0 Å². The van der Waals surface area contributed by atoms with E-state index in [2.05, 4.69) is 10.3 Å². The zero-order valence-electron chi connectivity index (χ0n) is 10.2. The molecule has 1 amide bonds. The first kappa shape index (κ1) is 12.8. The van der Waals surface area contributed by atoms with Gasteiger partial charge in [0.2, 0.25) is 11.9 Å². The molecule has 3 N–H and O–H groups in total. The quantitative estimate of drug-likeness (QED) is 0.837. The molecule has 3 rings (SSSR count). The normalized spacial score (nSPS) is 19.6. The van der Waals surface area contributed by atoms with E-state index in [-0.39, 0.29) is 29.8 Å². The number of nitrogens with one attached hydrogen (secondary N) is 1. The summed E-state index contributed by atoms with van der Waals surface area (Å²) < 4.78 is 39.6. The number of imidazole rings is 1. The molecular weight excluding hydrogens is 273 g/mol. The topological polar surface area (TPSA) is 72.9 Å². The van der Waals surface area contributed by atoms with Crippen LogP contribution >= 0.6 is 0 Å². The Bertz CT molecular complexity index is 692. The highest BCUT2D eigenvalue weighted by molar-refractivity contribution is 5.82. The highest BCUT2D eigenvalue weighted by Gasteiger charge is 2.32. The van der Waals surface area contributed by atoms with E-state index >= 15 is 0 Å². The number of fused-ring (bicyclic) bond motifs is 1. The van der Waals surface area contributed by atoms with E-state index in [4.69, 9.17) is 5.73 Å². The first-order valence-corrected chi connectivity index (χ1v) is 5.97. The standard InChI is InChI=1S/C12H11F3N4O/c13-12(14,15)6-1-2-9-8(3-6)18-11(16)19(9)7-4-10(20)17-5-7/h1-3,7H,4-5H2,(H2,16,18)(H,17,20). The third kappa shape index (κ3) is 1.97. The van der Waals surface area contributed by atoms with Crippen molar-refractivity contribution in [1.82, 2.24) is 14.9 Å². The molecule has 2 heterocycles. The fourth-order valence-corrected chi connectivity index (χ4v) is 2.45. The Labute approximate surface area is 111 Å². The van der Waals surface area contributed by atoms with Crippen LogP contribution in [0, 0.1) is 0 Å².